The largest absolute Gasteiger partial charge is 0.491 e. The number of nitrogens with one attached hydrogen (secondary N) is 1. The summed E-state index contributed by atoms with van der Waals surface area (Å²) in [5, 5.41) is 21.6. The molecule has 8 rings (SSSR count). The van der Waals surface area contributed by atoms with E-state index in [1.165, 1.54) is 45.0 Å². The molecular formula is C43H44F2N10O4. The first-order chi connectivity index (χ1) is 28.7. The van der Waals surface area contributed by atoms with E-state index in [0.29, 0.717) is 5.75 Å². The number of halogens is 2. The number of anilines is 2. The molecule has 1 N–H and O–H groups in total. The zero-order valence-electron chi connectivity index (χ0n) is 32.6. The number of ether oxygens (including phenoxy) is 3. The molecule has 5 atom stereocenters. The molecule has 0 radical (unpaired) electrons. The normalized spacial score (nSPS) is 19.6. The van der Waals surface area contributed by atoms with Gasteiger partial charge in [0, 0.05) is 55.2 Å². The number of aromatic nitrogens is 6. The minimum absolute atomic E-state index is 0.0211. The summed E-state index contributed by atoms with van der Waals surface area (Å²) < 4.78 is 51.5. The van der Waals surface area contributed by atoms with Crippen molar-refractivity contribution in [2.75, 3.05) is 49.2 Å². The maximum Gasteiger partial charge on any atom is 0.350 e. The van der Waals surface area contributed by atoms with Crippen molar-refractivity contribution in [1.29, 1.82) is 5.26 Å². The van der Waals surface area contributed by atoms with Crippen molar-refractivity contribution in [3.8, 4) is 17.5 Å². The summed E-state index contributed by atoms with van der Waals surface area (Å²) in [4.78, 5) is 22.1. The van der Waals surface area contributed by atoms with Gasteiger partial charge in [0.25, 0.3) is 0 Å². The van der Waals surface area contributed by atoms with Crippen LogP contribution in [-0.2, 0) is 21.8 Å². The monoisotopic (exact) mass is 802 g/mol. The highest BCUT2D eigenvalue weighted by Gasteiger charge is 2.46. The van der Waals surface area contributed by atoms with Crippen molar-refractivity contribution in [2.45, 2.75) is 50.4 Å². The van der Waals surface area contributed by atoms with Gasteiger partial charge in [0.2, 0.25) is 5.79 Å². The lowest BCUT2D eigenvalue weighted by Crippen LogP contribution is -2.46. The highest BCUT2D eigenvalue weighted by molar-refractivity contribution is 5.54. The smallest absolute Gasteiger partial charge is 0.350 e. The number of piperazine rings is 1. The minimum atomic E-state index is -1.53. The van der Waals surface area contributed by atoms with Crippen LogP contribution in [0, 0.1) is 23.0 Å². The third-order valence-corrected chi connectivity index (χ3v) is 10.9. The third kappa shape index (κ3) is 8.58. The standard InChI is InChI=1S/C43H44F2N10O4/c1-30(50-41(23-46)32-6-4-3-5-7-32)31(2)55-42(56)54(29-49-55)36-11-9-34(10-12-36)51-18-20-52(21-19-51)35-13-15-37(16-14-35)57-24-38-25-58-43(59-38,26-53-28-47-27-48-53)39-17-8-33(44)22-40(39)45/h3-17,22,27-31,38,41,50H,18-21,24-26H2,1-2H3. The van der Waals surface area contributed by atoms with Crippen LogP contribution in [0.3, 0.4) is 0 Å². The van der Waals surface area contributed by atoms with E-state index in [-0.39, 0.29) is 43.1 Å². The van der Waals surface area contributed by atoms with Crippen LogP contribution in [0.15, 0.2) is 121 Å². The van der Waals surface area contributed by atoms with Crippen molar-refractivity contribution >= 4 is 11.4 Å². The van der Waals surface area contributed by atoms with Gasteiger partial charge in [-0.1, -0.05) is 30.3 Å². The Morgan fingerprint density at radius 3 is 2.22 bits per heavy atom. The van der Waals surface area contributed by atoms with Gasteiger partial charge in [-0.2, -0.15) is 15.5 Å². The van der Waals surface area contributed by atoms with Gasteiger partial charge in [-0.3, -0.25) is 5.32 Å². The maximum atomic E-state index is 14.9. The highest BCUT2D eigenvalue weighted by atomic mass is 19.1. The lowest BCUT2D eigenvalue weighted by atomic mass is 10.0. The average molecular weight is 803 g/mol. The number of hydrogen-bond acceptors (Lipinski definition) is 11. The predicted molar refractivity (Wildman–Crippen MR) is 215 cm³/mol. The Hall–Kier alpha value is -6.41. The van der Waals surface area contributed by atoms with Crippen molar-refractivity contribution in [1.82, 2.24) is 34.4 Å². The first kappa shape index (κ1) is 39.4. The van der Waals surface area contributed by atoms with Gasteiger partial charge in [0.1, 0.15) is 61.7 Å². The maximum absolute atomic E-state index is 14.9. The molecule has 5 unspecified atom stereocenters. The molecule has 6 aromatic rings. The summed E-state index contributed by atoms with van der Waals surface area (Å²) in [6.07, 6.45) is 3.86. The molecule has 0 spiro atoms. The van der Waals surface area contributed by atoms with E-state index in [1.54, 1.807) is 0 Å². The quantitative estimate of drug-likeness (QED) is 0.152. The molecule has 4 heterocycles. The number of nitrogens with zero attached hydrogens (tertiary/aromatic N) is 9. The molecule has 304 valence electrons. The summed E-state index contributed by atoms with van der Waals surface area (Å²) >= 11 is 0. The van der Waals surface area contributed by atoms with Crippen LogP contribution in [0.1, 0.15) is 37.1 Å². The van der Waals surface area contributed by atoms with E-state index >= 15 is 0 Å². The van der Waals surface area contributed by atoms with Crippen LogP contribution in [0.25, 0.3) is 5.69 Å². The van der Waals surface area contributed by atoms with Crippen LogP contribution in [0.2, 0.25) is 0 Å². The van der Waals surface area contributed by atoms with E-state index in [2.05, 4.69) is 36.4 Å². The van der Waals surface area contributed by atoms with E-state index in [0.717, 1.165) is 54.9 Å². The van der Waals surface area contributed by atoms with Crippen LogP contribution in [-0.4, -0.2) is 80.7 Å². The fourth-order valence-electron chi connectivity index (χ4n) is 7.51. The van der Waals surface area contributed by atoms with Gasteiger partial charge in [0.05, 0.1) is 24.4 Å². The molecule has 0 aliphatic carbocycles. The van der Waals surface area contributed by atoms with E-state index in [1.807, 2.05) is 92.7 Å². The Balaban J connectivity index is 0.828. The Labute approximate surface area is 339 Å². The highest BCUT2D eigenvalue weighted by Crippen LogP contribution is 2.38. The second-order valence-electron chi connectivity index (χ2n) is 14.7. The number of hydrogen-bond donors (Lipinski definition) is 1. The minimum Gasteiger partial charge on any atom is -0.491 e. The molecule has 2 fully saturated rings. The summed E-state index contributed by atoms with van der Waals surface area (Å²) in [7, 11) is 0. The predicted octanol–water partition coefficient (Wildman–Crippen LogP) is 5.38. The Morgan fingerprint density at radius 2 is 1.58 bits per heavy atom. The zero-order chi connectivity index (χ0) is 40.9. The van der Waals surface area contributed by atoms with Gasteiger partial charge in [-0.25, -0.2) is 32.5 Å². The van der Waals surface area contributed by atoms with Crippen LogP contribution in [0.4, 0.5) is 20.2 Å². The van der Waals surface area contributed by atoms with Gasteiger partial charge in [0.15, 0.2) is 0 Å². The lowest BCUT2D eigenvalue weighted by Gasteiger charge is -2.37. The number of benzene rings is 4. The Bertz CT molecular complexity index is 2410. The molecule has 16 heteroatoms. The summed E-state index contributed by atoms with van der Waals surface area (Å²) in [6.45, 7) is 7.44. The second-order valence-corrected chi connectivity index (χ2v) is 14.7. The van der Waals surface area contributed by atoms with E-state index in [9.17, 15) is 18.8 Å². The molecule has 2 aliphatic heterocycles. The average Bonchev–Trinajstić information content (AvgIpc) is 4.03. The Kier molecular flexibility index (Phi) is 11.5. The summed E-state index contributed by atoms with van der Waals surface area (Å²) in [5.74, 6) is -2.35. The molecule has 0 bridgehead atoms. The lowest BCUT2D eigenvalue weighted by molar-refractivity contribution is -0.192. The van der Waals surface area contributed by atoms with Crippen LogP contribution >= 0.6 is 0 Å². The van der Waals surface area contributed by atoms with Crippen molar-refractivity contribution in [3.63, 3.8) is 0 Å². The van der Waals surface area contributed by atoms with Gasteiger partial charge in [-0.05, 0) is 80.1 Å². The van der Waals surface area contributed by atoms with Crippen molar-refractivity contribution < 1.29 is 23.0 Å². The van der Waals surface area contributed by atoms with E-state index in [4.69, 9.17) is 14.2 Å². The van der Waals surface area contributed by atoms with Gasteiger partial charge >= 0.3 is 5.69 Å². The molecule has 0 saturated carbocycles. The fourth-order valence-corrected chi connectivity index (χ4v) is 7.51. The van der Waals surface area contributed by atoms with Crippen LogP contribution in [0.5, 0.6) is 5.75 Å². The summed E-state index contributed by atoms with van der Waals surface area (Å²) in [5.41, 5.74) is 3.55. The van der Waals surface area contributed by atoms with Gasteiger partial charge < -0.3 is 24.0 Å². The molecule has 14 nitrogen and oxygen atoms in total. The molecular weight excluding hydrogens is 759 g/mol. The third-order valence-electron chi connectivity index (χ3n) is 10.9. The fraction of sp³-hybridized carbons (Fsp3) is 0.326. The van der Waals surface area contributed by atoms with E-state index < -0.39 is 29.6 Å². The molecule has 59 heavy (non-hydrogen) atoms. The van der Waals surface area contributed by atoms with Gasteiger partial charge in [-0.15, -0.1) is 0 Å². The zero-order valence-corrected chi connectivity index (χ0v) is 32.6. The van der Waals surface area contributed by atoms with Crippen molar-refractivity contribution in [3.05, 3.63) is 149 Å². The summed E-state index contributed by atoms with van der Waals surface area (Å²) in [6, 6.07) is 29.9. The first-order valence-electron chi connectivity index (χ1n) is 19.5. The molecule has 2 aromatic heterocycles. The molecule has 2 aliphatic rings. The Morgan fingerprint density at radius 1 is 0.898 bits per heavy atom. The molecule has 0 amide bonds. The topological polar surface area (TPSA) is 141 Å². The number of nitriles is 1. The SMILES string of the molecule is CC(NC(C#N)c1ccccc1)C(C)n1ncn(-c2ccc(N3CCN(c4ccc(OCC5COC(Cn6cncn6)(c6ccc(F)cc6F)O5)cc4)CC3)cc2)c1=O. The second kappa shape index (κ2) is 17.2. The first-order valence-corrected chi connectivity index (χ1v) is 19.5. The molecule has 4 aromatic carbocycles. The molecule has 2 saturated heterocycles. The number of rotatable bonds is 14. The van der Waals surface area contributed by atoms with Crippen molar-refractivity contribution in [2.24, 2.45) is 0 Å². The van der Waals surface area contributed by atoms with Crippen LogP contribution < -0.4 is 25.5 Å².